The third-order valence-electron chi connectivity index (χ3n) is 3.81. The molecular weight excluding hydrogens is 410 g/mol. The molecule has 1 aliphatic rings. The van der Waals surface area contributed by atoms with Gasteiger partial charge in [-0.05, 0) is 30.3 Å². The summed E-state index contributed by atoms with van der Waals surface area (Å²) in [4.78, 5) is 18.9. The third-order valence-corrected chi connectivity index (χ3v) is 5.69. The van der Waals surface area contributed by atoms with E-state index in [1.807, 2.05) is 0 Å². The first-order valence-corrected chi connectivity index (χ1v) is 9.40. The fourth-order valence-corrected chi connectivity index (χ4v) is 4.47. The first-order valence-electron chi connectivity index (χ1n) is 7.12. The second-order valence-electron chi connectivity index (χ2n) is 5.40. The number of aliphatic hydroxyl groups is 1. The molecule has 3 N–H and O–H groups in total. The number of aromatic amines is 1. The maximum atomic E-state index is 12.5. The van der Waals surface area contributed by atoms with Crippen molar-refractivity contribution in [1.82, 2.24) is 14.7 Å². The van der Waals surface area contributed by atoms with Gasteiger partial charge < -0.3 is 10.1 Å². The van der Waals surface area contributed by atoms with E-state index < -0.39 is 15.6 Å². The molecule has 0 saturated heterocycles. The van der Waals surface area contributed by atoms with E-state index in [1.54, 1.807) is 30.3 Å². The number of nitrogens with one attached hydrogen (secondary N) is 2. The molecule has 25 heavy (non-hydrogen) atoms. The smallest absolute Gasteiger partial charge is 0.262 e. The molecule has 1 aromatic heterocycles. The molecule has 7 nitrogen and oxygen atoms in total. The molecular formula is C16H10BrN3O4S. The van der Waals surface area contributed by atoms with E-state index in [1.165, 1.54) is 12.1 Å². The van der Waals surface area contributed by atoms with Gasteiger partial charge in [0, 0.05) is 10.0 Å². The van der Waals surface area contributed by atoms with Gasteiger partial charge in [-0.3, -0.25) is 9.52 Å². The number of benzene rings is 2. The largest absolute Gasteiger partial charge is 0.505 e. The zero-order chi connectivity index (χ0) is 17.8. The number of hydrogen-bond donors (Lipinski definition) is 3. The number of halogens is 1. The number of sulfonamides is 1. The topological polar surface area (TPSA) is 112 Å². The number of aliphatic hydroxyl groups excluding tert-OH is 1. The highest BCUT2D eigenvalue weighted by Crippen LogP contribution is 2.33. The highest BCUT2D eigenvalue weighted by atomic mass is 79.9. The first kappa shape index (κ1) is 15.9. The highest BCUT2D eigenvalue weighted by molar-refractivity contribution is 9.10. The van der Waals surface area contributed by atoms with Crippen molar-refractivity contribution in [3.05, 3.63) is 68.7 Å². The molecule has 4 rings (SSSR count). The summed E-state index contributed by atoms with van der Waals surface area (Å²) in [5, 5.41) is 10.9. The predicted molar refractivity (Wildman–Crippen MR) is 96.3 cm³/mol. The Morgan fingerprint density at radius 1 is 1.12 bits per heavy atom. The van der Waals surface area contributed by atoms with Gasteiger partial charge in [0.1, 0.15) is 5.70 Å². The Balaban J connectivity index is 2.01. The summed E-state index contributed by atoms with van der Waals surface area (Å²) in [6.45, 7) is 0. The summed E-state index contributed by atoms with van der Waals surface area (Å²) in [6.07, 6.45) is 0. The lowest BCUT2D eigenvalue weighted by Gasteiger charge is -2.21. The van der Waals surface area contributed by atoms with E-state index in [2.05, 4.69) is 30.6 Å². The lowest BCUT2D eigenvalue weighted by molar-refractivity contribution is 0.505. The number of para-hydroxylation sites is 1. The monoisotopic (exact) mass is 419 g/mol. The van der Waals surface area contributed by atoms with Crippen molar-refractivity contribution in [3.63, 3.8) is 0 Å². The fraction of sp³-hybridized carbons (Fsp3) is 0. The van der Waals surface area contributed by atoms with Crippen molar-refractivity contribution in [2.24, 2.45) is 0 Å². The molecule has 0 aliphatic carbocycles. The second kappa shape index (κ2) is 5.43. The number of hydrogen-bond acceptors (Lipinski definition) is 5. The average Bonchev–Trinajstić information content (AvgIpc) is 2.58. The van der Waals surface area contributed by atoms with Crippen LogP contribution in [0, 0.1) is 0 Å². The van der Waals surface area contributed by atoms with Crippen molar-refractivity contribution in [3.8, 4) is 0 Å². The van der Waals surface area contributed by atoms with E-state index >= 15 is 0 Å². The second-order valence-corrected chi connectivity index (χ2v) is 7.97. The fourth-order valence-electron chi connectivity index (χ4n) is 2.65. The summed E-state index contributed by atoms with van der Waals surface area (Å²) in [5.74, 6) is -0.367. The van der Waals surface area contributed by atoms with Crippen molar-refractivity contribution >= 4 is 48.3 Å². The zero-order valence-corrected chi connectivity index (χ0v) is 14.8. The van der Waals surface area contributed by atoms with Crippen LogP contribution in [0.15, 0.2) is 56.6 Å². The van der Waals surface area contributed by atoms with Crippen LogP contribution in [-0.4, -0.2) is 23.5 Å². The van der Waals surface area contributed by atoms with Crippen molar-refractivity contribution in [2.45, 2.75) is 4.90 Å². The van der Waals surface area contributed by atoms with Gasteiger partial charge >= 0.3 is 0 Å². The predicted octanol–water partition coefficient (Wildman–Crippen LogP) is 2.36. The molecule has 0 saturated carbocycles. The lowest BCUT2D eigenvalue weighted by Crippen LogP contribution is -2.30. The lowest BCUT2D eigenvalue weighted by atomic mass is 10.1. The Morgan fingerprint density at radius 2 is 1.88 bits per heavy atom. The van der Waals surface area contributed by atoms with Crippen LogP contribution in [0.5, 0.6) is 0 Å². The van der Waals surface area contributed by atoms with E-state index in [4.69, 9.17) is 0 Å². The van der Waals surface area contributed by atoms with Crippen LogP contribution in [0.2, 0.25) is 0 Å². The average molecular weight is 420 g/mol. The number of H-pyrrole nitrogens is 1. The molecule has 3 aromatic rings. The van der Waals surface area contributed by atoms with Gasteiger partial charge in [0.25, 0.3) is 15.6 Å². The quantitative estimate of drug-likeness (QED) is 0.560. The van der Waals surface area contributed by atoms with E-state index in [0.717, 1.165) is 0 Å². The number of fused-ring (bicyclic) bond motifs is 2. The van der Waals surface area contributed by atoms with E-state index in [0.29, 0.717) is 15.4 Å². The minimum atomic E-state index is -3.92. The van der Waals surface area contributed by atoms with Crippen LogP contribution in [0.4, 0.5) is 0 Å². The van der Waals surface area contributed by atoms with Gasteiger partial charge in [0.15, 0.2) is 11.6 Å². The van der Waals surface area contributed by atoms with Crippen LogP contribution in [-0.2, 0) is 10.0 Å². The maximum absolute atomic E-state index is 12.5. The van der Waals surface area contributed by atoms with Crippen molar-refractivity contribution < 1.29 is 13.5 Å². The summed E-state index contributed by atoms with van der Waals surface area (Å²) in [5.41, 5.74) is -0.0746. The molecule has 1 aliphatic heterocycles. The molecule has 0 unspecified atom stereocenters. The molecule has 0 amide bonds. The minimum absolute atomic E-state index is 0.0571. The van der Waals surface area contributed by atoms with Crippen molar-refractivity contribution in [2.75, 3.05) is 0 Å². The Labute approximate surface area is 150 Å². The number of aromatic nitrogens is 2. The molecule has 0 spiro atoms. The van der Waals surface area contributed by atoms with Gasteiger partial charge in [-0.15, -0.1) is 0 Å². The van der Waals surface area contributed by atoms with Crippen LogP contribution in [0.25, 0.3) is 22.4 Å². The Kier molecular flexibility index (Phi) is 3.44. The maximum Gasteiger partial charge on any atom is 0.262 e. The molecule has 0 bridgehead atoms. The molecule has 126 valence electrons. The number of rotatable bonds is 1. The summed E-state index contributed by atoms with van der Waals surface area (Å²) in [7, 11) is -3.92. The first-order chi connectivity index (χ1) is 11.9. The van der Waals surface area contributed by atoms with Gasteiger partial charge in [-0.2, -0.15) is 0 Å². The molecule has 9 heteroatoms. The van der Waals surface area contributed by atoms with E-state index in [9.17, 15) is 18.3 Å². The SMILES string of the molecule is O=c1[nH]c(C2=C(O)c3ccc(Br)cc3S(=O)(=O)N2)nc2ccccc12. The van der Waals surface area contributed by atoms with Gasteiger partial charge in [-0.25, -0.2) is 13.4 Å². The summed E-state index contributed by atoms with van der Waals surface area (Å²) in [6, 6.07) is 11.1. The van der Waals surface area contributed by atoms with Crippen LogP contribution in [0.1, 0.15) is 11.4 Å². The Bertz CT molecular complexity index is 1230. The van der Waals surface area contributed by atoms with E-state index in [-0.39, 0.29) is 27.7 Å². The van der Waals surface area contributed by atoms with Gasteiger partial charge in [0.05, 0.1) is 15.8 Å². The molecule has 0 radical (unpaired) electrons. The zero-order valence-electron chi connectivity index (χ0n) is 12.4. The molecule has 0 atom stereocenters. The third kappa shape index (κ3) is 2.52. The molecule has 2 heterocycles. The van der Waals surface area contributed by atoms with Gasteiger partial charge in [0.2, 0.25) is 0 Å². The van der Waals surface area contributed by atoms with Crippen LogP contribution >= 0.6 is 15.9 Å². The molecule has 2 aromatic carbocycles. The van der Waals surface area contributed by atoms with Crippen LogP contribution in [0.3, 0.4) is 0 Å². The minimum Gasteiger partial charge on any atom is -0.505 e. The van der Waals surface area contributed by atoms with Gasteiger partial charge in [-0.1, -0.05) is 28.1 Å². The highest BCUT2D eigenvalue weighted by Gasteiger charge is 2.31. The Hall–Kier alpha value is -2.65. The Morgan fingerprint density at radius 3 is 2.68 bits per heavy atom. The summed E-state index contributed by atoms with van der Waals surface area (Å²) < 4.78 is 27.9. The normalized spacial score (nSPS) is 15.7. The molecule has 0 fully saturated rings. The summed E-state index contributed by atoms with van der Waals surface area (Å²) >= 11 is 3.21. The number of nitrogens with zero attached hydrogens (tertiary/aromatic N) is 1. The van der Waals surface area contributed by atoms with Crippen LogP contribution < -0.4 is 10.3 Å². The standard InChI is InChI=1S/C16H10BrN3O4S/c17-8-5-6-10-12(7-8)25(23,24)20-13(14(10)21)15-18-11-4-2-1-3-9(11)16(22)19-15/h1-7,20-21H,(H,18,19,22). The van der Waals surface area contributed by atoms with Crippen molar-refractivity contribution in [1.29, 1.82) is 0 Å².